The van der Waals surface area contributed by atoms with Gasteiger partial charge in [-0.15, -0.1) is 0 Å². The van der Waals surface area contributed by atoms with E-state index >= 15 is 0 Å². The zero-order valence-corrected chi connectivity index (χ0v) is 42.1. The largest absolute Gasteiger partial charge is 0.477 e. The lowest BCUT2D eigenvalue weighted by Gasteiger charge is -2.41. The minimum Gasteiger partial charge on any atom is -0.477 e. The van der Waals surface area contributed by atoms with Crippen molar-refractivity contribution in [2.24, 2.45) is 0 Å². The first kappa shape index (κ1) is 46.6. The molecule has 4 N–H and O–H groups in total. The normalized spacial score (nSPS) is 33.0. The van der Waals surface area contributed by atoms with Crippen molar-refractivity contribution in [3.63, 3.8) is 0 Å². The van der Waals surface area contributed by atoms with Crippen LogP contribution in [0.25, 0.3) is 22.2 Å². The van der Waals surface area contributed by atoms with Crippen molar-refractivity contribution in [3.05, 3.63) is 30.7 Å². The van der Waals surface area contributed by atoms with E-state index in [1.54, 1.807) is 4.57 Å². The molecule has 3 saturated heterocycles. The zero-order valence-electron chi connectivity index (χ0n) is 36.7. The van der Waals surface area contributed by atoms with Crippen LogP contribution in [-0.2, 0) is 66.5 Å². The van der Waals surface area contributed by atoms with Gasteiger partial charge in [-0.3, -0.25) is 13.6 Å². The lowest BCUT2D eigenvalue weighted by molar-refractivity contribution is -0.0604. The highest BCUT2D eigenvalue weighted by atomic mass is 32.5. The molecule has 0 aliphatic carbocycles. The van der Waals surface area contributed by atoms with E-state index in [1.165, 1.54) is 19.0 Å². The van der Waals surface area contributed by atoms with Gasteiger partial charge in [0, 0.05) is 6.20 Å². The Balaban J connectivity index is 1.21. The Kier molecular flexibility index (Phi) is 12.6. The molecule has 8 rings (SSSR count). The number of hydrogen-bond donors (Lipinski definition) is 3. The molecule has 0 aromatic carbocycles. The maximum absolute atomic E-state index is 12.1. The molecule has 0 spiro atoms. The third kappa shape index (κ3) is 9.00. The Labute approximate surface area is 373 Å². The van der Waals surface area contributed by atoms with Crippen LogP contribution in [0, 0.1) is 0 Å². The summed E-state index contributed by atoms with van der Waals surface area (Å²) in [4.78, 5) is 46.3. The highest BCUT2D eigenvalue weighted by Crippen LogP contribution is 2.56. The van der Waals surface area contributed by atoms with Gasteiger partial charge in [0.2, 0.25) is 5.88 Å². The lowest BCUT2D eigenvalue weighted by atomic mass is 10.1. The Morgan fingerprint density at radius 2 is 1.35 bits per heavy atom. The van der Waals surface area contributed by atoms with Crippen LogP contribution in [0.3, 0.4) is 0 Å². The van der Waals surface area contributed by atoms with Crippen molar-refractivity contribution >= 4 is 81.7 Å². The van der Waals surface area contributed by atoms with Gasteiger partial charge in [-0.1, -0.05) is 41.5 Å². The Morgan fingerprint density at radius 3 is 2.03 bits per heavy atom. The van der Waals surface area contributed by atoms with Crippen LogP contribution < -0.4 is 10.5 Å². The van der Waals surface area contributed by atoms with Crippen molar-refractivity contribution < 1.29 is 50.9 Å². The smallest absolute Gasteiger partial charge is 0.325 e. The molecular formula is C37H58N8O11P2S2Si2. The topological polar surface area (TPSA) is 224 Å². The molecule has 10 atom stereocenters. The number of imidazole rings is 1. The van der Waals surface area contributed by atoms with Gasteiger partial charge in [-0.2, -0.15) is 0 Å². The van der Waals surface area contributed by atoms with Crippen molar-refractivity contribution in [2.75, 3.05) is 25.6 Å². The van der Waals surface area contributed by atoms with Crippen LogP contribution >= 0.6 is 13.4 Å². The third-order valence-corrected chi connectivity index (χ3v) is 25.1. The fourth-order valence-corrected chi connectivity index (χ4v) is 13.1. The van der Waals surface area contributed by atoms with Gasteiger partial charge in [0.15, 0.2) is 40.6 Å². The van der Waals surface area contributed by atoms with Gasteiger partial charge in [0.05, 0.1) is 31.5 Å². The average Bonchev–Trinajstić information content (AvgIpc) is 3.91. The number of anilines is 1. The molecule has 0 saturated carbocycles. The highest BCUT2D eigenvalue weighted by Gasteiger charge is 2.57. The summed E-state index contributed by atoms with van der Waals surface area (Å²) in [5, 5.41) is 0.281. The van der Waals surface area contributed by atoms with E-state index in [1.807, 2.05) is 10.8 Å². The van der Waals surface area contributed by atoms with Crippen LogP contribution in [0.1, 0.15) is 72.4 Å². The number of fused-ring (bicyclic) bond motifs is 4. The van der Waals surface area contributed by atoms with Crippen molar-refractivity contribution in [3.8, 4) is 5.88 Å². The fourth-order valence-electron chi connectivity index (χ4n) is 7.64. The van der Waals surface area contributed by atoms with Crippen molar-refractivity contribution in [1.29, 1.82) is 0 Å². The van der Waals surface area contributed by atoms with Crippen LogP contribution in [-0.4, -0.2) is 117 Å². The van der Waals surface area contributed by atoms with Gasteiger partial charge in [-0.25, -0.2) is 24.9 Å². The van der Waals surface area contributed by atoms with Crippen LogP contribution in [0.2, 0.25) is 36.3 Å². The summed E-state index contributed by atoms with van der Waals surface area (Å²) in [6.07, 6.45) is 0.975. The molecule has 19 nitrogen and oxygen atoms in total. The summed E-state index contributed by atoms with van der Waals surface area (Å²) in [7, 11) is -5.25. The molecule has 2 bridgehead atoms. The molecule has 3 fully saturated rings. The molecule has 4 aliphatic heterocycles. The van der Waals surface area contributed by atoms with E-state index in [2.05, 4.69) is 87.7 Å². The second-order valence-corrected chi connectivity index (χ2v) is 34.4. The van der Waals surface area contributed by atoms with Crippen LogP contribution in [0.15, 0.2) is 25.2 Å². The standard InChI is InChI=1S/C37H58N8O11P2S2Si2/c1-36(2,3)61(7,8)55-27-23-17-50-57(46,59)53-26-22(16-49-58(47,60)54-28(27)34(52-23)45-20-43-25-30(38)39-18-41-32(25)45)51-35(29(26)56-62(9,10)37(4,5)6)44-15-21-13-11-12-14-48-33-24(21)31(44)40-19-42-33/h15,18-20,22-23,26-29,34-35H,11-14,16-17H2,1-10H3,(H,46,59)(H,47,60)(H2,38,39,41)/t22-,23-,26-,27-,28-,29-,34-,35-,57?,58?/m1/s1. The summed E-state index contributed by atoms with van der Waals surface area (Å²) < 4.78 is 63.0. The number of hydrogen-bond acceptors (Lipinski definition) is 17. The third-order valence-electron chi connectivity index (χ3n) is 13.0. The van der Waals surface area contributed by atoms with Crippen molar-refractivity contribution in [2.45, 2.75) is 146 Å². The predicted molar refractivity (Wildman–Crippen MR) is 242 cm³/mol. The quantitative estimate of drug-likeness (QED) is 0.141. The Morgan fingerprint density at radius 1 is 0.758 bits per heavy atom. The maximum Gasteiger partial charge on any atom is 0.325 e. The van der Waals surface area contributed by atoms with Gasteiger partial charge < -0.3 is 52.2 Å². The molecule has 342 valence electrons. The number of rotatable bonds is 6. The number of aryl methyl sites for hydroxylation is 1. The zero-order chi connectivity index (χ0) is 44.8. The number of aromatic nitrogens is 7. The second-order valence-electron chi connectivity index (χ2n) is 19.3. The summed E-state index contributed by atoms with van der Waals surface area (Å²) in [6, 6.07) is 0. The van der Waals surface area contributed by atoms with E-state index in [0.717, 1.165) is 30.2 Å². The molecule has 62 heavy (non-hydrogen) atoms. The summed E-state index contributed by atoms with van der Waals surface area (Å²) >= 11 is 11.6. The van der Waals surface area contributed by atoms with E-state index < -0.39 is 79.2 Å². The van der Waals surface area contributed by atoms with E-state index in [-0.39, 0.29) is 29.1 Å². The van der Waals surface area contributed by atoms with Gasteiger partial charge in [-0.05, 0) is 84.7 Å². The number of ether oxygens (including phenoxy) is 3. The summed E-state index contributed by atoms with van der Waals surface area (Å²) in [6.45, 7) is 12.6. The average molecular weight is 973 g/mol. The minimum absolute atomic E-state index is 0.165. The predicted octanol–water partition coefficient (Wildman–Crippen LogP) is 6.39. The molecule has 2 unspecified atom stereocenters. The fraction of sp³-hybridized carbons (Fsp3) is 0.703. The van der Waals surface area contributed by atoms with E-state index in [0.29, 0.717) is 29.3 Å². The Bertz CT molecular complexity index is 2420. The van der Waals surface area contributed by atoms with E-state index in [9.17, 15) is 9.79 Å². The Hall–Kier alpha value is -1.90. The van der Waals surface area contributed by atoms with Crippen LogP contribution in [0.4, 0.5) is 5.82 Å². The molecule has 4 aromatic heterocycles. The molecule has 4 aromatic rings. The summed E-state index contributed by atoms with van der Waals surface area (Å²) in [5.74, 6) is 0.659. The maximum atomic E-state index is 12.1. The van der Waals surface area contributed by atoms with Crippen LogP contribution in [0.5, 0.6) is 5.88 Å². The summed E-state index contributed by atoms with van der Waals surface area (Å²) in [5.41, 5.74) is 8.43. The SMILES string of the molecule is CC(C)(C)[Si](C)(C)O[C@@H]1[C@@H]2OP(O)(=S)OC[C@H]3O[C@@H](n4cnc5c(N)ncnc54)[C@H](OP(O)(=S)OC[C@H]2O[C@H]1n1cc2c4c(ncnc41)OCCCC2)[C@@H]3O[Si](C)(C)C(C)(C)C. The van der Waals surface area contributed by atoms with Gasteiger partial charge in [0.1, 0.15) is 60.4 Å². The second kappa shape index (κ2) is 16.8. The lowest BCUT2D eigenvalue weighted by Crippen LogP contribution is -2.50. The molecule has 4 aliphatic rings. The first-order chi connectivity index (χ1) is 28.9. The first-order valence-electron chi connectivity index (χ1n) is 20.7. The highest BCUT2D eigenvalue weighted by molar-refractivity contribution is 8.07. The van der Waals surface area contributed by atoms with Crippen molar-refractivity contribution in [1.82, 2.24) is 34.1 Å². The van der Waals surface area contributed by atoms with E-state index in [4.69, 9.17) is 75.5 Å². The number of nitrogens with zero attached hydrogens (tertiary/aromatic N) is 7. The van der Waals surface area contributed by atoms with Gasteiger partial charge >= 0.3 is 13.4 Å². The molecule has 0 radical (unpaired) electrons. The molecular weight excluding hydrogens is 915 g/mol. The molecule has 25 heteroatoms. The molecule has 8 heterocycles. The molecule has 0 amide bonds. The number of nitrogen functional groups attached to an aromatic ring is 1. The monoisotopic (exact) mass is 972 g/mol. The minimum atomic E-state index is -4.19. The van der Waals surface area contributed by atoms with Gasteiger partial charge in [0.25, 0.3) is 0 Å². The first-order valence-corrected chi connectivity index (χ1v) is 31.7. The number of nitrogens with two attached hydrogens (primary N) is 1.